The molecule has 3 saturated heterocycles. The Morgan fingerprint density at radius 2 is 1.05 bits per heavy atom. The number of hydrogen-bond acceptors (Lipinski definition) is 28. The zero-order chi connectivity index (χ0) is 88.4. The summed E-state index contributed by atoms with van der Waals surface area (Å²) >= 11 is 0. The number of nitrogens with one attached hydrogen (secondary N) is 15. The molecular formula is C69H105N17O27S4. The number of aliphatic carboxylic acids is 4. The Balaban J connectivity index is 2.43. The van der Waals surface area contributed by atoms with Crippen LogP contribution >= 0.6 is 43.2 Å². The first-order valence-corrected chi connectivity index (χ1v) is 41.8. The van der Waals surface area contributed by atoms with Crippen LogP contribution in [0.15, 0.2) is 24.3 Å². The maximum absolute atomic E-state index is 15.0. The first kappa shape index (κ1) is 101. The van der Waals surface area contributed by atoms with Gasteiger partial charge in [0, 0.05) is 35.9 Å². The first-order valence-electron chi connectivity index (χ1n) is 36.8. The molecule has 3 aliphatic rings. The second kappa shape index (κ2) is 49.7. The van der Waals surface area contributed by atoms with Crippen molar-refractivity contribution in [1.82, 2.24) is 79.8 Å². The van der Waals surface area contributed by atoms with Gasteiger partial charge in [0.2, 0.25) is 94.5 Å². The lowest BCUT2D eigenvalue weighted by atomic mass is 9.97. The highest BCUT2D eigenvalue weighted by atomic mass is 33.1. The Hall–Kier alpha value is -10.3. The molecule has 1 unspecified atom stereocenters. The number of nitrogens with two attached hydrogens (primary N) is 2. The highest BCUT2D eigenvalue weighted by Gasteiger charge is 2.41. The number of hydrogen-bond donors (Lipinski definition) is 24. The summed E-state index contributed by atoms with van der Waals surface area (Å²) in [7, 11) is 2.54. The fraction of sp³-hybridized carbons (Fsp3) is 0.623. The number of benzene rings is 1. The molecule has 44 nitrogen and oxygen atoms in total. The summed E-state index contributed by atoms with van der Waals surface area (Å²) in [6, 6.07) is -22.5. The predicted molar refractivity (Wildman–Crippen MR) is 420 cm³/mol. The second-order valence-electron chi connectivity index (χ2n) is 28.3. The summed E-state index contributed by atoms with van der Waals surface area (Å²) in [6.45, 7) is 11.3. The van der Waals surface area contributed by atoms with Crippen molar-refractivity contribution in [2.24, 2.45) is 29.2 Å². The molecule has 652 valence electrons. The zero-order valence-corrected chi connectivity index (χ0v) is 68.6. The number of phenolic OH excluding ortho intramolecular Hbond substituents is 1. The van der Waals surface area contributed by atoms with E-state index in [1.54, 1.807) is 20.8 Å². The molecule has 3 heterocycles. The third-order valence-electron chi connectivity index (χ3n) is 17.7. The van der Waals surface area contributed by atoms with Crippen LogP contribution in [0.25, 0.3) is 0 Å². The van der Waals surface area contributed by atoms with Crippen LogP contribution in [0.3, 0.4) is 0 Å². The molecular weight excluding hydrogens is 1630 g/mol. The number of rotatable bonds is 28. The van der Waals surface area contributed by atoms with Crippen LogP contribution < -0.4 is 91.2 Å². The van der Waals surface area contributed by atoms with E-state index >= 15 is 4.79 Å². The summed E-state index contributed by atoms with van der Waals surface area (Å²) in [5, 5.41) is 106. The Labute approximate surface area is 686 Å². The van der Waals surface area contributed by atoms with Crippen molar-refractivity contribution < 1.29 is 132 Å². The van der Waals surface area contributed by atoms with Crippen molar-refractivity contribution in [3.05, 3.63) is 29.8 Å². The molecule has 18 atom stereocenters. The summed E-state index contributed by atoms with van der Waals surface area (Å²) in [4.78, 5) is 277. The summed E-state index contributed by atoms with van der Waals surface area (Å²) < 4.78 is 0. The van der Waals surface area contributed by atoms with E-state index in [2.05, 4.69) is 79.8 Å². The lowest BCUT2D eigenvalue weighted by Crippen LogP contribution is -2.62. The minimum Gasteiger partial charge on any atom is -0.508 e. The molecule has 0 spiro atoms. The largest absolute Gasteiger partial charge is 0.508 e. The van der Waals surface area contributed by atoms with E-state index in [1.165, 1.54) is 45.0 Å². The van der Waals surface area contributed by atoms with Crippen LogP contribution in [0.2, 0.25) is 0 Å². The fourth-order valence-electron chi connectivity index (χ4n) is 10.9. The quantitative estimate of drug-likeness (QED) is 0.0274. The number of phenols is 1. The van der Waals surface area contributed by atoms with Crippen LogP contribution in [-0.2, 0) is 102 Å². The molecule has 2 bridgehead atoms. The van der Waals surface area contributed by atoms with E-state index in [1.807, 2.05) is 0 Å². The Morgan fingerprint density at radius 3 is 1.59 bits per heavy atom. The standard InChI is InChI=1S/C69H105N17O27S4/c1-10-30(6)52-67(110)78-40(21-46(71)90)61(104)83-51(29(4)5)66(109)73-31(7)55(98)80-43-25-115-114-24-42(81-58(101)38(16-18-49(94)95)75-60(103)41(22-50(96)97)79-68(111)54(33(9)88)85-56(99)36(70)20-34-11-13-35(89)14-12-34)62(105)76-37(15-17-48(92)93)57(100)77-39(19-28(2)3)59(102)82-44(63(106)84-52)26-116-117-27-45(69(112)113)74-47(91)23-72-65(108)53(32(8)87)86-64(43)107/h11-14,28-33,36-45,51-54,87-89H,10,15-27,70H2,1-9H3,(H2,71,90)(H,72,108)(H,73,109)(H,74,91)(H,75,103)(H,76,105)(H,77,100)(H,78,110)(H,79,111)(H,80,98)(H,81,101)(H,82,102)(H,83,104)(H,84,106)(H,85,99)(H,86,107)(H,92,93)(H,94,95)(H,96,97)(H,112,113)/t30-,31-,32+,33+,36-,37-,38-,39-,40-,41-,42+,43-,44-,45?,51-,52-,53-,54-/m0/s1. The lowest BCUT2D eigenvalue weighted by Gasteiger charge is -2.30. The van der Waals surface area contributed by atoms with Crippen molar-refractivity contribution >= 4 is 162 Å². The third kappa shape index (κ3) is 35.6. The number of aromatic hydroxyl groups is 1. The van der Waals surface area contributed by atoms with Crippen molar-refractivity contribution in [2.45, 2.75) is 223 Å². The second-order valence-corrected chi connectivity index (χ2v) is 33.4. The molecule has 1 aromatic carbocycles. The van der Waals surface area contributed by atoms with E-state index in [9.17, 15) is 127 Å². The Morgan fingerprint density at radius 1 is 0.530 bits per heavy atom. The molecule has 3 aliphatic heterocycles. The van der Waals surface area contributed by atoms with E-state index in [4.69, 9.17) is 11.5 Å². The van der Waals surface area contributed by atoms with Gasteiger partial charge >= 0.3 is 23.9 Å². The number of carboxylic acids is 4. The van der Waals surface area contributed by atoms with Gasteiger partial charge in [-0.15, -0.1) is 0 Å². The molecule has 26 N–H and O–H groups in total. The maximum Gasteiger partial charge on any atom is 0.327 e. The number of amides is 16. The van der Waals surface area contributed by atoms with Crippen LogP contribution in [0.4, 0.5) is 0 Å². The van der Waals surface area contributed by atoms with Gasteiger partial charge in [-0.1, -0.05) is 103 Å². The number of primary amides is 1. The summed E-state index contributed by atoms with van der Waals surface area (Å²) in [6.07, 6.45) is -9.85. The molecule has 0 aromatic heterocycles. The van der Waals surface area contributed by atoms with E-state index in [-0.39, 0.29) is 25.0 Å². The number of carbonyl (C=O) groups is 20. The van der Waals surface area contributed by atoms with Gasteiger partial charge < -0.3 is 127 Å². The molecule has 0 radical (unpaired) electrons. The van der Waals surface area contributed by atoms with Crippen LogP contribution in [0.5, 0.6) is 5.75 Å². The number of carbonyl (C=O) groups excluding carboxylic acids is 16. The van der Waals surface area contributed by atoms with Crippen LogP contribution in [0.1, 0.15) is 119 Å². The third-order valence-corrected chi connectivity index (χ3v) is 22.5. The smallest absolute Gasteiger partial charge is 0.327 e. The van der Waals surface area contributed by atoms with Crippen molar-refractivity contribution in [1.29, 1.82) is 0 Å². The number of carboxylic acid groups (broad SMARTS) is 4. The van der Waals surface area contributed by atoms with Gasteiger partial charge in [0.05, 0.1) is 37.6 Å². The molecule has 4 rings (SSSR count). The minimum absolute atomic E-state index is 0.103. The molecule has 0 aliphatic carbocycles. The van der Waals surface area contributed by atoms with E-state index < -0.39 is 307 Å². The van der Waals surface area contributed by atoms with Crippen LogP contribution in [0, 0.1) is 17.8 Å². The van der Waals surface area contributed by atoms with Crippen molar-refractivity contribution in [2.75, 3.05) is 29.6 Å². The molecule has 117 heavy (non-hydrogen) atoms. The van der Waals surface area contributed by atoms with Gasteiger partial charge in [-0.2, -0.15) is 0 Å². The Bertz CT molecular complexity index is 3750. The molecule has 48 heteroatoms. The van der Waals surface area contributed by atoms with Gasteiger partial charge in [-0.25, -0.2) is 4.79 Å². The lowest BCUT2D eigenvalue weighted by molar-refractivity contribution is -0.142. The topological polar surface area (TPSA) is 716 Å². The van der Waals surface area contributed by atoms with Gasteiger partial charge in [0.1, 0.15) is 90.3 Å². The fourth-order valence-corrected chi connectivity index (χ4v) is 15.5. The molecule has 0 saturated carbocycles. The van der Waals surface area contributed by atoms with Gasteiger partial charge in [0.25, 0.3) is 0 Å². The highest BCUT2D eigenvalue weighted by molar-refractivity contribution is 8.77. The predicted octanol–water partition coefficient (Wildman–Crippen LogP) is -7.35. The number of aliphatic hydroxyl groups is 2. The van der Waals surface area contributed by atoms with E-state index in [0.717, 1.165) is 20.8 Å². The summed E-state index contributed by atoms with van der Waals surface area (Å²) in [5.74, 6) is -31.5. The van der Waals surface area contributed by atoms with Crippen molar-refractivity contribution in [3.63, 3.8) is 0 Å². The monoisotopic (exact) mass is 1730 g/mol. The molecule has 3 fully saturated rings. The SMILES string of the molecule is CC[C@H](C)[C@@H]1NC(=O)[C@@H]2CSSCC(C(=O)O)NC(=O)CNC(=O)[C@H]([C@@H](C)O)NC(=O)[C@H](CSSC[C@@H](NC(=O)[C@H](CCC(=O)O)NC(=O)[C@H](CC(=O)O)NC(=O)[C@@H](NC(=O)[C@@H](N)Cc3ccc(O)cc3)[C@@H](C)O)C(=O)N[C@@H](CCC(=O)O)C(=O)N[C@@H](CC(C)C)C(=O)N2)NC(=O)[C@H](C)NC(=O)[C@H](C(C)C)NC(=O)[C@H](CC(N)=O)NC1=O. The van der Waals surface area contributed by atoms with Crippen molar-refractivity contribution in [3.8, 4) is 5.75 Å². The summed E-state index contributed by atoms with van der Waals surface area (Å²) in [5.41, 5.74) is 12.1. The molecule has 1 aromatic rings. The number of fused-ring (bicyclic) bond motifs is 37. The average Bonchev–Trinajstić information content (AvgIpc) is 0.947. The van der Waals surface area contributed by atoms with Gasteiger partial charge in [-0.05, 0) is 81.9 Å². The average molecular weight is 1730 g/mol. The first-order chi connectivity index (χ1) is 54.7. The Kier molecular flexibility index (Phi) is 42.9. The highest BCUT2D eigenvalue weighted by Crippen LogP contribution is 2.26. The van der Waals surface area contributed by atoms with Crippen LogP contribution in [-0.4, -0.2) is 287 Å². The normalized spacial score (nSPS) is 24.5. The minimum atomic E-state index is -2.23. The maximum atomic E-state index is 15.0. The van der Waals surface area contributed by atoms with E-state index in [0.29, 0.717) is 48.7 Å². The number of aliphatic hydroxyl groups excluding tert-OH is 2. The molecule has 16 amide bonds. The van der Waals surface area contributed by atoms with Gasteiger partial charge in [0.15, 0.2) is 0 Å². The van der Waals surface area contributed by atoms with Gasteiger partial charge in [-0.3, -0.25) is 91.1 Å². The zero-order valence-electron chi connectivity index (χ0n) is 65.3.